The summed E-state index contributed by atoms with van der Waals surface area (Å²) in [7, 11) is -3.19. The van der Waals surface area contributed by atoms with E-state index in [0.717, 1.165) is 0 Å². The van der Waals surface area contributed by atoms with Gasteiger partial charge in [-0.05, 0) is 0 Å². The molecule has 58 heavy (non-hydrogen) atoms. The van der Waals surface area contributed by atoms with E-state index in [1.807, 2.05) is 0 Å². The summed E-state index contributed by atoms with van der Waals surface area (Å²) in [6.45, 7) is 14.4. The summed E-state index contributed by atoms with van der Waals surface area (Å²) in [6, 6.07) is 68.2. The topological polar surface area (TPSA) is 0 Å². The molecule has 0 fully saturated rings. The third-order valence-electron chi connectivity index (χ3n) is 11.2. The van der Waals surface area contributed by atoms with Gasteiger partial charge in [0.1, 0.15) is 0 Å². The molecule has 0 aromatic heterocycles. The minimum atomic E-state index is -1.12. The molecule has 4 heteroatoms. The van der Waals surface area contributed by atoms with Gasteiger partial charge in [0.15, 0.2) is 0 Å². The van der Waals surface area contributed by atoms with Gasteiger partial charge in [0.05, 0.1) is 0 Å². The summed E-state index contributed by atoms with van der Waals surface area (Å²) in [4.78, 5) is 0. The van der Waals surface area contributed by atoms with Gasteiger partial charge in [0.2, 0.25) is 0 Å². The molecule has 0 nitrogen and oxygen atoms in total. The van der Waals surface area contributed by atoms with Gasteiger partial charge < -0.3 is 0 Å². The summed E-state index contributed by atoms with van der Waals surface area (Å²) in [5.41, 5.74) is 3.95. The molecule has 8 rings (SSSR count). The maximum atomic E-state index is 5.60. The summed E-state index contributed by atoms with van der Waals surface area (Å²) >= 11 is 5.60. The molecular weight excluding hydrogens is 797 g/mol. The van der Waals surface area contributed by atoms with Gasteiger partial charge >= 0.3 is 362 Å². The standard InChI is InChI=1S/C54H52P3.Fe/c1-52(2,3)41-39-50(56(44-29-17-9-18-30-44)45-31-19-10-20-32-45)54(40-41,57(46-33-21-11-22-34-46)47-35-23-12-24-36-47)51-48(53(4,5)6)37-38-49(51)55(42-25-13-7-14-26-42)43-27-15-8-16-28-43;/h7-40H,1-6H3;. The van der Waals surface area contributed by atoms with Crippen LogP contribution in [-0.4, -0.2) is 9.21 Å². The second-order valence-corrected chi connectivity index (χ2v) is 25.5. The molecule has 291 valence electrons. The Balaban J connectivity index is 1.59. The first kappa shape index (κ1) is 40.9. The van der Waals surface area contributed by atoms with Gasteiger partial charge in [-0.1, -0.05) is 0 Å². The van der Waals surface area contributed by atoms with Gasteiger partial charge in [-0.3, -0.25) is 0 Å². The Labute approximate surface area is 359 Å². The maximum absolute atomic E-state index is 5.60. The fourth-order valence-corrected chi connectivity index (χ4v) is 19.1. The van der Waals surface area contributed by atoms with Gasteiger partial charge in [0, 0.05) is 0 Å². The minimum absolute atomic E-state index is 0.113. The van der Waals surface area contributed by atoms with Crippen molar-refractivity contribution in [1.82, 2.24) is 0 Å². The van der Waals surface area contributed by atoms with Gasteiger partial charge in [0.25, 0.3) is 0 Å². The molecule has 0 N–H and O–H groups in total. The molecule has 2 atom stereocenters. The normalized spacial score (nSPS) is 19.6. The Hall–Kier alpha value is -3.91. The monoisotopic (exact) mass is 849 g/mol. The Bertz CT molecular complexity index is 2340. The molecule has 2 aliphatic rings. The van der Waals surface area contributed by atoms with Crippen LogP contribution < -0.4 is 31.8 Å². The zero-order chi connectivity index (χ0) is 40.5. The predicted molar refractivity (Wildman–Crippen MR) is 254 cm³/mol. The molecule has 0 bridgehead atoms. The Kier molecular flexibility index (Phi) is 11.7. The van der Waals surface area contributed by atoms with Crippen molar-refractivity contribution in [2.75, 3.05) is 0 Å². The molecule has 2 unspecified atom stereocenters. The summed E-state index contributed by atoms with van der Waals surface area (Å²) < 4.78 is -0.595. The molecule has 0 radical (unpaired) electrons. The Morgan fingerprint density at radius 1 is 0.431 bits per heavy atom. The van der Waals surface area contributed by atoms with Crippen molar-refractivity contribution in [2.24, 2.45) is 10.8 Å². The number of benzene rings is 6. The third-order valence-corrected chi connectivity index (χ3v) is 20.7. The van der Waals surface area contributed by atoms with Crippen molar-refractivity contribution in [3.8, 4) is 0 Å². The molecule has 6 aromatic rings. The summed E-state index contributed by atoms with van der Waals surface area (Å²) in [6.07, 6.45) is 10.4. The zero-order valence-corrected chi connectivity index (χ0v) is 38.1. The van der Waals surface area contributed by atoms with Gasteiger partial charge in [-0.25, -0.2) is 0 Å². The molecule has 0 spiro atoms. The third kappa shape index (κ3) is 7.68. The van der Waals surface area contributed by atoms with Crippen molar-refractivity contribution < 1.29 is 16.0 Å². The average molecular weight is 850 g/mol. The van der Waals surface area contributed by atoms with Crippen molar-refractivity contribution in [3.05, 3.63) is 228 Å². The van der Waals surface area contributed by atoms with E-state index in [0.29, 0.717) is 0 Å². The van der Waals surface area contributed by atoms with E-state index in [9.17, 15) is 0 Å². The first-order valence-electron chi connectivity index (χ1n) is 20.2. The molecule has 0 heterocycles. The number of hydrogen-bond donors (Lipinski definition) is 0. The fraction of sp³-hybridized carbons (Fsp3) is 0.185. The number of rotatable bonds is 10. The molecule has 0 saturated carbocycles. The van der Waals surface area contributed by atoms with Crippen LogP contribution in [-0.2, 0) is 16.0 Å². The van der Waals surface area contributed by atoms with E-state index in [2.05, 4.69) is 248 Å². The first-order chi connectivity index (χ1) is 27.9. The van der Waals surface area contributed by atoms with Crippen LogP contribution in [0.25, 0.3) is 0 Å². The fourth-order valence-electron chi connectivity index (χ4n) is 8.54. The molecule has 2 aliphatic carbocycles. The van der Waals surface area contributed by atoms with Crippen molar-refractivity contribution in [3.63, 3.8) is 0 Å². The van der Waals surface area contributed by atoms with Crippen molar-refractivity contribution in [1.29, 1.82) is 0 Å². The van der Waals surface area contributed by atoms with E-state index in [1.54, 1.807) is 0 Å². The van der Waals surface area contributed by atoms with Crippen LogP contribution in [0.1, 0.15) is 41.5 Å². The van der Waals surface area contributed by atoms with Crippen LogP contribution in [0.5, 0.6) is 0 Å². The van der Waals surface area contributed by atoms with Crippen LogP contribution in [0.15, 0.2) is 228 Å². The first-order valence-corrected chi connectivity index (χ1v) is 24.8. The quantitative estimate of drug-likeness (QED) is 0.0952. The van der Waals surface area contributed by atoms with Gasteiger partial charge in [-0.15, -0.1) is 0 Å². The molecule has 0 saturated heterocycles. The van der Waals surface area contributed by atoms with Crippen LogP contribution in [0.4, 0.5) is 0 Å². The molecule has 6 aromatic carbocycles. The van der Waals surface area contributed by atoms with E-state index < -0.39 is 33.0 Å². The molecular formula is C54H52FeP3. The van der Waals surface area contributed by atoms with Crippen LogP contribution >= 0.6 is 23.8 Å². The predicted octanol–water partition coefficient (Wildman–Crippen LogP) is 12.1. The second-order valence-electron chi connectivity index (χ2n) is 17.2. The summed E-state index contributed by atoms with van der Waals surface area (Å²) in [5, 5.41) is 9.09. The van der Waals surface area contributed by atoms with Gasteiger partial charge in [-0.2, -0.15) is 0 Å². The van der Waals surface area contributed by atoms with E-state index in [4.69, 9.17) is 16.0 Å². The number of hydrogen-bond acceptors (Lipinski definition) is 0. The van der Waals surface area contributed by atoms with E-state index >= 15 is 0 Å². The summed E-state index contributed by atoms with van der Waals surface area (Å²) in [5.74, 6) is 0. The van der Waals surface area contributed by atoms with E-state index in [-0.39, 0.29) is 10.8 Å². The second kappa shape index (κ2) is 16.6. The van der Waals surface area contributed by atoms with Crippen LogP contribution in [0.3, 0.4) is 0 Å². The van der Waals surface area contributed by atoms with Crippen molar-refractivity contribution in [2.45, 2.75) is 50.8 Å². The van der Waals surface area contributed by atoms with Crippen LogP contribution in [0, 0.1) is 10.8 Å². The number of allylic oxidation sites excluding steroid dienone is 8. The van der Waals surface area contributed by atoms with Crippen LogP contribution in [0.2, 0.25) is 0 Å². The SMILES string of the molecule is CC(C)(C)C1=CC(C2=C(C(C)(C)C)C=C[C]2([Fe])P(c2ccccc2)c2ccccc2)(P(c2ccccc2)c2ccccc2)C(P(c2ccccc2)c2ccccc2)=C1. The Morgan fingerprint density at radius 3 is 1.12 bits per heavy atom. The van der Waals surface area contributed by atoms with E-state index in [1.165, 1.54) is 53.9 Å². The Morgan fingerprint density at radius 2 is 0.776 bits per heavy atom. The molecule has 0 amide bonds. The molecule has 0 aliphatic heterocycles. The zero-order valence-electron chi connectivity index (χ0n) is 34.3. The average Bonchev–Trinajstić information content (AvgIpc) is 3.80. The van der Waals surface area contributed by atoms with Crippen molar-refractivity contribution >= 4 is 55.6 Å².